The van der Waals surface area contributed by atoms with Crippen molar-refractivity contribution in [1.82, 2.24) is 5.32 Å². The number of hydrogen-bond acceptors (Lipinski definition) is 5. The molecule has 1 fully saturated rings. The Balaban J connectivity index is 2.15. The van der Waals surface area contributed by atoms with Gasteiger partial charge in [0.15, 0.2) is 6.10 Å². The number of aliphatic hydroxyl groups is 1. The van der Waals surface area contributed by atoms with Crippen molar-refractivity contribution in [3.63, 3.8) is 0 Å². The van der Waals surface area contributed by atoms with Crippen LogP contribution < -0.4 is 10.1 Å². The zero-order valence-electron chi connectivity index (χ0n) is 12.5. The molecule has 116 valence electrons. The van der Waals surface area contributed by atoms with Gasteiger partial charge in [0.1, 0.15) is 5.75 Å². The number of carbonyl (C=O) groups is 1. The predicted molar refractivity (Wildman–Crippen MR) is 79.1 cm³/mol. The van der Waals surface area contributed by atoms with Gasteiger partial charge in [0.05, 0.1) is 13.7 Å². The number of methoxy groups -OCH3 is 1. The smallest absolute Gasteiger partial charge is 0.335 e. The van der Waals surface area contributed by atoms with Gasteiger partial charge in [-0.2, -0.15) is 0 Å². The molecule has 3 atom stereocenters. The van der Waals surface area contributed by atoms with Gasteiger partial charge in [-0.15, -0.1) is 0 Å². The number of rotatable bonds is 5. The number of ether oxygens (including phenoxy) is 2. The molecule has 2 rings (SSSR count). The molecular weight excluding hydrogens is 270 g/mol. The van der Waals surface area contributed by atoms with Crippen LogP contribution in [0.5, 0.6) is 5.75 Å². The highest BCUT2D eigenvalue weighted by molar-refractivity contribution is 5.75. The van der Waals surface area contributed by atoms with Crippen LogP contribution in [-0.4, -0.2) is 37.4 Å². The molecule has 0 unspecified atom stereocenters. The van der Waals surface area contributed by atoms with E-state index in [0.717, 1.165) is 30.7 Å². The lowest BCUT2D eigenvalue weighted by Crippen LogP contribution is -2.43. The van der Waals surface area contributed by atoms with E-state index in [2.05, 4.69) is 5.32 Å². The Hall–Kier alpha value is -1.59. The van der Waals surface area contributed by atoms with Crippen LogP contribution in [0.4, 0.5) is 0 Å². The number of carbonyl (C=O) groups excluding carboxylic acids is 1. The largest absolute Gasteiger partial charge is 0.497 e. The minimum Gasteiger partial charge on any atom is -0.497 e. The molecule has 1 aromatic carbocycles. The highest BCUT2D eigenvalue weighted by atomic mass is 16.5. The molecule has 0 amide bonds. The molecule has 0 spiro atoms. The fraction of sp³-hybridized carbons (Fsp3) is 0.562. The van der Waals surface area contributed by atoms with Gasteiger partial charge in [0, 0.05) is 12.0 Å². The van der Waals surface area contributed by atoms with E-state index < -0.39 is 12.1 Å². The minimum atomic E-state index is -1.09. The second kappa shape index (κ2) is 7.43. The molecule has 0 aromatic heterocycles. The molecular formula is C16H23NO4. The van der Waals surface area contributed by atoms with Gasteiger partial charge in [-0.25, -0.2) is 4.79 Å². The molecule has 1 aliphatic heterocycles. The zero-order chi connectivity index (χ0) is 15.2. The van der Waals surface area contributed by atoms with Gasteiger partial charge < -0.3 is 19.9 Å². The standard InChI is InChI=1S/C16H23NO4/c1-3-21-16(19)15(18)13-5-4-10-17-14(13)11-6-8-12(20-2)9-7-11/h6-9,13-15,17-18H,3-5,10H2,1-2H3/t13-,14-,15+/m0/s1. The van der Waals surface area contributed by atoms with Gasteiger partial charge in [-0.05, 0) is 44.0 Å². The molecule has 1 saturated heterocycles. The number of hydrogen-bond donors (Lipinski definition) is 2. The van der Waals surface area contributed by atoms with Gasteiger partial charge in [-0.3, -0.25) is 0 Å². The third kappa shape index (κ3) is 3.74. The number of nitrogens with one attached hydrogen (secondary N) is 1. The molecule has 0 saturated carbocycles. The van der Waals surface area contributed by atoms with Gasteiger partial charge in [-0.1, -0.05) is 12.1 Å². The number of aliphatic hydroxyl groups excluding tert-OH is 1. The first-order valence-electron chi connectivity index (χ1n) is 7.39. The third-order valence-electron chi connectivity index (χ3n) is 3.92. The molecule has 0 radical (unpaired) electrons. The Bertz CT molecular complexity index is 460. The molecule has 5 nitrogen and oxygen atoms in total. The van der Waals surface area contributed by atoms with Crippen molar-refractivity contribution < 1.29 is 19.4 Å². The van der Waals surface area contributed by atoms with Crippen molar-refractivity contribution in [1.29, 1.82) is 0 Å². The SMILES string of the molecule is CCOC(=O)[C@H](O)[C@H]1CCCN[C@H]1c1ccc(OC)cc1. The van der Waals surface area contributed by atoms with E-state index in [9.17, 15) is 9.90 Å². The monoisotopic (exact) mass is 293 g/mol. The van der Waals surface area contributed by atoms with Crippen molar-refractivity contribution in [3.05, 3.63) is 29.8 Å². The Labute approximate surface area is 125 Å². The zero-order valence-corrected chi connectivity index (χ0v) is 12.5. The summed E-state index contributed by atoms with van der Waals surface area (Å²) >= 11 is 0. The maximum atomic E-state index is 11.8. The highest BCUT2D eigenvalue weighted by Crippen LogP contribution is 2.33. The highest BCUT2D eigenvalue weighted by Gasteiger charge is 2.36. The van der Waals surface area contributed by atoms with Crippen LogP contribution in [0.2, 0.25) is 0 Å². The van der Waals surface area contributed by atoms with Crippen LogP contribution in [0, 0.1) is 5.92 Å². The van der Waals surface area contributed by atoms with E-state index in [1.807, 2.05) is 24.3 Å². The summed E-state index contributed by atoms with van der Waals surface area (Å²) in [5.74, 6) is 0.0768. The Morgan fingerprint density at radius 1 is 1.43 bits per heavy atom. The molecule has 1 aliphatic rings. The molecule has 1 aromatic rings. The van der Waals surface area contributed by atoms with Gasteiger partial charge in [0.2, 0.25) is 0 Å². The molecule has 0 aliphatic carbocycles. The maximum Gasteiger partial charge on any atom is 0.335 e. The summed E-state index contributed by atoms with van der Waals surface area (Å²) in [4.78, 5) is 11.8. The average Bonchev–Trinajstić information content (AvgIpc) is 2.54. The van der Waals surface area contributed by atoms with E-state index in [1.54, 1.807) is 14.0 Å². The van der Waals surface area contributed by atoms with Crippen LogP contribution in [-0.2, 0) is 9.53 Å². The lowest BCUT2D eigenvalue weighted by atomic mass is 9.82. The van der Waals surface area contributed by atoms with Gasteiger partial charge >= 0.3 is 5.97 Å². The number of benzene rings is 1. The first-order valence-corrected chi connectivity index (χ1v) is 7.39. The molecule has 1 heterocycles. The number of esters is 1. The normalized spacial score (nSPS) is 23.4. The fourth-order valence-corrected chi connectivity index (χ4v) is 2.83. The summed E-state index contributed by atoms with van der Waals surface area (Å²) in [5.41, 5.74) is 1.05. The lowest BCUT2D eigenvalue weighted by molar-refractivity contribution is -0.157. The maximum absolute atomic E-state index is 11.8. The second-order valence-electron chi connectivity index (χ2n) is 5.21. The summed E-state index contributed by atoms with van der Waals surface area (Å²) in [6.07, 6.45) is 0.641. The van der Waals surface area contributed by atoms with E-state index in [4.69, 9.17) is 9.47 Å². The van der Waals surface area contributed by atoms with Gasteiger partial charge in [0.25, 0.3) is 0 Å². The Morgan fingerprint density at radius 2 is 2.14 bits per heavy atom. The van der Waals surface area contributed by atoms with Crippen LogP contribution in [0.15, 0.2) is 24.3 Å². The van der Waals surface area contributed by atoms with Crippen molar-refractivity contribution in [3.8, 4) is 5.75 Å². The first kappa shape index (κ1) is 15.8. The van der Waals surface area contributed by atoms with Crippen molar-refractivity contribution in [2.45, 2.75) is 31.9 Å². The van der Waals surface area contributed by atoms with E-state index in [0.29, 0.717) is 0 Å². The summed E-state index contributed by atoms with van der Waals surface area (Å²) in [5, 5.41) is 13.7. The topological polar surface area (TPSA) is 67.8 Å². The lowest BCUT2D eigenvalue weighted by Gasteiger charge is -2.35. The summed E-state index contributed by atoms with van der Waals surface area (Å²) in [7, 11) is 1.63. The Morgan fingerprint density at radius 3 is 2.76 bits per heavy atom. The summed E-state index contributed by atoms with van der Waals surface area (Å²) in [6.45, 7) is 2.90. The molecule has 21 heavy (non-hydrogen) atoms. The van der Waals surface area contributed by atoms with E-state index in [1.165, 1.54) is 0 Å². The van der Waals surface area contributed by atoms with Crippen LogP contribution in [0.25, 0.3) is 0 Å². The quantitative estimate of drug-likeness (QED) is 0.808. The van der Waals surface area contributed by atoms with E-state index >= 15 is 0 Å². The van der Waals surface area contributed by atoms with Crippen molar-refractivity contribution >= 4 is 5.97 Å². The van der Waals surface area contributed by atoms with Crippen LogP contribution in [0.3, 0.4) is 0 Å². The minimum absolute atomic E-state index is 0.0518. The molecule has 0 bridgehead atoms. The molecule has 2 N–H and O–H groups in total. The van der Waals surface area contributed by atoms with Crippen LogP contribution >= 0.6 is 0 Å². The van der Waals surface area contributed by atoms with Crippen molar-refractivity contribution in [2.24, 2.45) is 5.92 Å². The first-order chi connectivity index (χ1) is 10.2. The van der Waals surface area contributed by atoms with Crippen LogP contribution in [0.1, 0.15) is 31.4 Å². The number of piperidine rings is 1. The molecule has 5 heteroatoms. The summed E-state index contributed by atoms with van der Waals surface area (Å²) in [6, 6.07) is 7.65. The third-order valence-corrected chi connectivity index (χ3v) is 3.92. The summed E-state index contributed by atoms with van der Waals surface area (Å²) < 4.78 is 10.1. The average molecular weight is 293 g/mol. The van der Waals surface area contributed by atoms with Crippen molar-refractivity contribution in [2.75, 3.05) is 20.3 Å². The second-order valence-corrected chi connectivity index (χ2v) is 5.21. The predicted octanol–water partition coefficient (Wildman–Crippen LogP) is 1.66. The van der Waals surface area contributed by atoms with E-state index in [-0.39, 0.29) is 18.6 Å². The fourth-order valence-electron chi connectivity index (χ4n) is 2.83. The Kier molecular flexibility index (Phi) is 5.59.